The van der Waals surface area contributed by atoms with Gasteiger partial charge in [0.1, 0.15) is 5.75 Å². The molecular formula is C25H20N2O5. The van der Waals surface area contributed by atoms with Gasteiger partial charge in [0.15, 0.2) is 18.1 Å². The van der Waals surface area contributed by atoms with Crippen molar-refractivity contribution < 1.29 is 19.1 Å². The Hall–Kier alpha value is -4.26. The van der Waals surface area contributed by atoms with Gasteiger partial charge in [-0.15, -0.1) is 0 Å². The first-order valence-corrected chi connectivity index (χ1v) is 10.1. The van der Waals surface area contributed by atoms with E-state index in [9.17, 15) is 14.4 Å². The van der Waals surface area contributed by atoms with Gasteiger partial charge < -0.3 is 9.47 Å². The van der Waals surface area contributed by atoms with Crippen molar-refractivity contribution in [3.8, 4) is 11.4 Å². The molecule has 7 heteroatoms. The molecule has 0 bridgehead atoms. The van der Waals surface area contributed by atoms with Crippen LogP contribution in [0.3, 0.4) is 0 Å². The van der Waals surface area contributed by atoms with Crippen molar-refractivity contribution in [3.63, 3.8) is 0 Å². The fourth-order valence-corrected chi connectivity index (χ4v) is 3.27. The first-order valence-electron chi connectivity index (χ1n) is 10.1. The molecule has 0 fully saturated rings. The summed E-state index contributed by atoms with van der Waals surface area (Å²) in [7, 11) is 0. The van der Waals surface area contributed by atoms with Gasteiger partial charge in [0.25, 0.3) is 5.56 Å². The Morgan fingerprint density at radius 2 is 1.53 bits per heavy atom. The largest absolute Gasteiger partial charge is 0.494 e. The Bertz CT molecular complexity index is 1330. The molecule has 1 aromatic heterocycles. The molecule has 0 saturated carbocycles. The third-order valence-electron chi connectivity index (χ3n) is 4.82. The summed E-state index contributed by atoms with van der Waals surface area (Å²) in [6.07, 6.45) is 0. The molecule has 7 nitrogen and oxygen atoms in total. The summed E-state index contributed by atoms with van der Waals surface area (Å²) in [4.78, 5) is 38.2. The predicted octanol–water partition coefficient (Wildman–Crippen LogP) is 3.82. The van der Waals surface area contributed by atoms with Crippen LogP contribution in [0.5, 0.6) is 5.75 Å². The number of ether oxygens (including phenoxy) is 2. The van der Waals surface area contributed by atoms with Crippen molar-refractivity contribution in [2.45, 2.75) is 6.92 Å². The molecular weight excluding hydrogens is 408 g/mol. The molecule has 1 heterocycles. The number of hydrogen-bond donors (Lipinski definition) is 0. The molecule has 0 aliphatic carbocycles. The SMILES string of the molecule is CCOc1ccc(C(=O)COC(=O)c2nn(-c3ccccc3)c(=O)c3ccccc23)cc1. The maximum absolute atomic E-state index is 12.9. The van der Waals surface area contributed by atoms with Crippen molar-refractivity contribution in [1.82, 2.24) is 9.78 Å². The van der Waals surface area contributed by atoms with Crippen LogP contribution >= 0.6 is 0 Å². The lowest BCUT2D eigenvalue weighted by molar-refractivity contribution is 0.0469. The van der Waals surface area contributed by atoms with Crippen molar-refractivity contribution in [1.29, 1.82) is 0 Å². The summed E-state index contributed by atoms with van der Waals surface area (Å²) in [5, 5.41) is 4.95. The summed E-state index contributed by atoms with van der Waals surface area (Å²) in [5.41, 5.74) is 0.522. The molecule has 0 aliphatic heterocycles. The predicted molar refractivity (Wildman–Crippen MR) is 120 cm³/mol. The van der Waals surface area contributed by atoms with Crippen LogP contribution < -0.4 is 10.3 Å². The monoisotopic (exact) mass is 428 g/mol. The standard InChI is InChI=1S/C25H20N2O5/c1-2-31-19-14-12-17(13-15-19)22(28)16-32-25(30)23-20-10-6-7-11-21(20)24(29)27(26-23)18-8-4-3-5-9-18/h3-15H,2,16H2,1H3. The smallest absolute Gasteiger partial charge is 0.359 e. The van der Waals surface area contributed by atoms with Gasteiger partial charge in [0.05, 0.1) is 17.7 Å². The molecule has 160 valence electrons. The second-order valence-corrected chi connectivity index (χ2v) is 6.90. The fourth-order valence-electron chi connectivity index (χ4n) is 3.27. The molecule has 32 heavy (non-hydrogen) atoms. The summed E-state index contributed by atoms with van der Waals surface area (Å²) >= 11 is 0. The van der Waals surface area contributed by atoms with Crippen LogP contribution in [0.25, 0.3) is 16.5 Å². The highest BCUT2D eigenvalue weighted by molar-refractivity contribution is 6.04. The second kappa shape index (κ2) is 9.26. The molecule has 0 amide bonds. The number of rotatable bonds is 7. The van der Waals surface area contributed by atoms with Crippen LogP contribution in [0.2, 0.25) is 0 Å². The molecule has 0 saturated heterocycles. The van der Waals surface area contributed by atoms with E-state index < -0.39 is 12.6 Å². The Morgan fingerprint density at radius 3 is 2.22 bits per heavy atom. The van der Waals surface area contributed by atoms with Crippen LogP contribution in [0, 0.1) is 0 Å². The van der Waals surface area contributed by atoms with Gasteiger partial charge in [-0.2, -0.15) is 9.78 Å². The molecule has 0 N–H and O–H groups in total. The first-order chi connectivity index (χ1) is 15.6. The number of esters is 1. The Labute approximate surface area is 183 Å². The van der Waals surface area contributed by atoms with E-state index >= 15 is 0 Å². The lowest BCUT2D eigenvalue weighted by atomic mass is 10.1. The van der Waals surface area contributed by atoms with E-state index in [0.717, 1.165) is 4.68 Å². The number of aromatic nitrogens is 2. The summed E-state index contributed by atoms with van der Waals surface area (Å²) in [5.74, 6) is -0.493. The number of carbonyl (C=O) groups is 2. The molecule has 0 spiro atoms. The van der Waals surface area contributed by atoms with Crippen molar-refractivity contribution in [3.05, 3.63) is 100 Å². The fraction of sp³-hybridized carbons (Fsp3) is 0.120. The lowest BCUT2D eigenvalue weighted by Gasteiger charge is -2.11. The normalized spacial score (nSPS) is 10.7. The number of nitrogens with zero attached hydrogens (tertiary/aromatic N) is 2. The van der Waals surface area contributed by atoms with Gasteiger partial charge in [-0.25, -0.2) is 4.79 Å². The summed E-state index contributed by atoms with van der Waals surface area (Å²) < 4.78 is 11.8. The minimum atomic E-state index is -0.787. The summed E-state index contributed by atoms with van der Waals surface area (Å²) in [6.45, 7) is 1.95. The highest BCUT2D eigenvalue weighted by Gasteiger charge is 2.20. The van der Waals surface area contributed by atoms with Crippen molar-refractivity contribution >= 4 is 22.5 Å². The summed E-state index contributed by atoms with van der Waals surface area (Å²) in [6, 6.07) is 22.1. The van der Waals surface area contributed by atoms with E-state index in [1.165, 1.54) is 0 Å². The van der Waals surface area contributed by atoms with Crippen LogP contribution in [0.15, 0.2) is 83.7 Å². The molecule has 0 aliphatic rings. The number of carbonyl (C=O) groups excluding carboxylic acids is 2. The molecule has 0 radical (unpaired) electrons. The Balaban J connectivity index is 1.61. The number of fused-ring (bicyclic) bond motifs is 1. The number of Topliss-reactive ketones (excluding diaryl/α,β-unsaturated/α-hetero) is 1. The molecule has 4 rings (SSSR count). The minimum absolute atomic E-state index is 0.0384. The quantitative estimate of drug-likeness (QED) is 0.328. The van der Waals surface area contributed by atoms with Gasteiger partial charge in [0.2, 0.25) is 0 Å². The Kier molecular flexibility index (Phi) is 6.07. The number of para-hydroxylation sites is 1. The third kappa shape index (κ3) is 4.27. The average molecular weight is 428 g/mol. The maximum Gasteiger partial charge on any atom is 0.359 e. The van der Waals surface area contributed by atoms with Gasteiger partial charge in [-0.05, 0) is 49.4 Å². The Morgan fingerprint density at radius 1 is 0.875 bits per heavy atom. The molecule has 3 aromatic carbocycles. The number of benzene rings is 3. The second-order valence-electron chi connectivity index (χ2n) is 6.90. The van der Waals surface area contributed by atoms with Crippen molar-refractivity contribution in [2.24, 2.45) is 0 Å². The number of hydrogen-bond acceptors (Lipinski definition) is 6. The third-order valence-corrected chi connectivity index (χ3v) is 4.82. The lowest BCUT2D eigenvalue weighted by Crippen LogP contribution is -2.25. The van der Waals surface area contributed by atoms with Crippen LogP contribution in [0.1, 0.15) is 27.8 Å². The van der Waals surface area contributed by atoms with E-state index in [1.807, 2.05) is 13.0 Å². The van der Waals surface area contributed by atoms with Gasteiger partial charge in [0, 0.05) is 10.9 Å². The average Bonchev–Trinajstić information content (AvgIpc) is 2.84. The highest BCUT2D eigenvalue weighted by atomic mass is 16.5. The highest BCUT2D eigenvalue weighted by Crippen LogP contribution is 2.17. The zero-order chi connectivity index (χ0) is 22.5. The number of ketones is 1. The van der Waals surface area contributed by atoms with E-state index in [2.05, 4.69) is 5.10 Å². The minimum Gasteiger partial charge on any atom is -0.494 e. The molecule has 4 aromatic rings. The van der Waals surface area contributed by atoms with Gasteiger partial charge >= 0.3 is 5.97 Å². The van der Waals surface area contributed by atoms with Crippen LogP contribution in [0.4, 0.5) is 0 Å². The first kappa shape index (κ1) is 21.0. The maximum atomic E-state index is 12.9. The van der Waals surface area contributed by atoms with Crippen LogP contribution in [-0.4, -0.2) is 34.7 Å². The van der Waals surface area contributed by atoms with E-state index in [-0.39, 0.29) is 17.0 Å². The molecule has 0 atom stereocenters. The van der Waals surface area contributed by atoms with E-state index in [0.29, 0.717) is 34.4 Å². The zero-order valence-corrected chi connectivity index (χ0v) is 17.4. The topological polar surface area (TPSA) is 87.5 Å². The zero-order valence-electron chi connectivity index (χ0n) is 17.4. The van der Waals surface area contributed by atoms with Crippen LogP contribution in [-0.2, 0) is 4.74 Å². The van der Waals surface area contributed by atoms with Gasteiger partial charge in [-0.1, -0.05) is 36.4 Å². The van der Waals surface area contributed by atoms with E-state index in [4.69, 9.17) is 9.47 Å². The van der Waals surface area contributed by atoms with Gasteiger partial charge in [-0.3, -0.25) is 9.59 Å². The molecule has 0 unspecified atom stereocenters. The van der Waals surface area contributed by atoms with E-state index in [1.54, 1.807) is 72.8 Å². The van der Waals surface area contributed by atoms with Crippen molar-refractivity contribution in [2.75, 3.05) is 13.2 Å².